The summed E-state index contributed by atoms with van der Waals surface area (Å²) in [7, 11) is 1.60. The van der Waals surface area contributed by atoms with Crippen molar-refractivity contribution in [3.8, 4) is 0 Å². The second kappa shape index (κ2) is 108. The molecule has 0 heterocycles. The van der Waals surface area contributed by atoms with Gasteiger partial charge in [0, 0.05) is 170 Å². The summed E-state index contributed by atoms with van der Waals surface area (Å²) >= 11 is 2.20. The quantitative estimate of drug-likeness (QED) is 0.0280. The van der Waals surface area contributed by atoms with Gasteiger partial charge in [-0.05, 0) is 78.6 Å². The van der Waals surface area contributed by atoms with Crippen LogP contribution in [0.25, 0.3) is 0 Å². The van der Waals surface area contributed by atoms with Gasteiger partial charge in [0.15, 0.2) is 35.7 Å². The summed E-state index contributed by atoms with van der Waals surface area (Å²) in [5, 5.41) is 152. The smallest absolute Gasteiger partial charge is 0.321 e. The van der Waals surface area contributed by atoms with E-state index < -0.39 is 138 Å². The molecule has 0 saturated carbocycles. The van der Waals surface area contributed by atoms with Crippen LogP contribution in [0.4, 0.5) is 0 Å². The van der Waals surface area contributed by atoms with Crippen LogP contribution in [0.1, 0.15) is 233 Å². The van der Waals surface area contributed by atoms with Gasteiger partial charge < -0.3 is 165 Å². The molecule has 0 aromatic carbocycles. The van der Waals surface area contributed by atoms with Crippen molar-refractivity contribution in [3.63, 3.8) is 0 Å². The molecule has 0 spiro atoms. The van der Waals surface area contributed by atoms with Crippen LogP contribution in [0.5, 0.6) is 0 Å². The maximum atomic E-state index is 12.1. The Balaban J connectivity index is -0.000000154. The lowest BCUT2D eigenvalue weighted by molar-refractivity contribution is -0.154. The third kappa shape index (κ3) is 105. The van der Waals surface area contributed by atoms with Gasteiger partial charge in [-0.2, -0.15) is 11.8 Å². The Kier molecular flexibility index (Phi) is 120. The van der Waals surface area contributed by atoms with Crippen molar-refractivity contribution in [3.05, 3.63) is 0 Å². The third-order valence-corrected chi connectivity index (χ3v) is 18.4. The predicted octanol–water partition coefficient (Wildman–Crippen LogP) is -2.51. The number of thioether (sulfide) groups is 2. The summed E-state index contributed by atoms with van der Waals surface area (Å²) in [5.41, 5.74) is 20.9. The van der Waals surface area contributed by atoms with Gasteiger partial charge in [-0.1, -0.05) is 89.0 Å². The van der Waals surface area contributed by atoms with E-state index in [0.29, 0.717) is 70.9 Å². The molecule has 47 heteroatoms. The van der Waals surface area contributed by atoms with Gasteiger partial charge in [-0.15, -0.1) is 11.8 Å². The lowest BCUT2D eigenvalue weighted by atomic mass is 9.97. The first-order chi connectivity index (χ1) is 63.0. The Bertz CT molecular complexity index is 2800. The second-order valence-electron chi connectivity index (χ2n) is 28.7. The highest BCUT2D eigenvalue weighted by Gasteiger charge is 2.40. The zero-order chi connectivity index (χ0) is 106. The molecule has 0 aliphatic carbocycles. The number of nitrogens with one attached hydrogen (secondary N) is 7. The lowest BCUT2D eigenvalue weighted by Gasteiger charge is -2.25. The number of carbonyl (C=O) groups excluding carboxylic acids is 14. The third-order valence-electron chi connectivity index (χ3n) is 16.0. The topological polar surface area (TPSA) is 782 Å². The average molecular weight is 1980 g/mol. The molecule has 7 amide bonds. The maximum Gasteiger partial charge on any atom is 0.321 e. The largest absolute Gasteiger partial charge is 0.481 e. The zero-order valence-corrected chi connectivity index (χ0v) is 84.3. The molecule has 0 rings (SSSR count). The van der Waals surface area contributed by atoms with Crippen LogP contribution in [-0.2, 0) is 95.7 Å². The van der Waals surface area contributed by atoms with E-state index in [4.69, 9.17) is 52.1 Å². The number of ketones is 7. The van der Waals surface area contributed by atoms with Crippen molar-refractivity contribution in [2.24, 2.45) is 28.9 Å². The molecular formula is C87H175N11O34S2. The fourth-order valence-corrected chi connectivity index (χ4v) is 10.0. The highest BCUT2D eigenvalue weighted by molar-refractivity contribution is 8.00. The molecule has 29 N–H and O–H groups in total. The molecule has 0 saturated heterocycles. The van der Waals surface area contributed by atoms with Gasteiger partial charge in [-0.25, -0.2) is 0 Å². The van der Waals surface area contributed by atoms with Crippen LogP contribution >= 0.6 is 23.5 Å². The van der Waals surface area contributed by atoms with Crippen LogP contribution in [0.2, 0.25) is 0 Å². The first kappa shape index (κ1) is 150. The molecular weight excluding hydrogens is 1810 g/mol. The van der Waals surface area contributed by atoms with Crippen molar-refractivity contribution in [1.82, 2.24) is 37.2 Å². The number of unbranched alkanes of at least 4 members (excludes halogenated alkanes) is 2. The molecule has 0 fully saturated rings. The molecule has 0 aromatic rings. The van der Waals surface area contributed by atoms with Crippen molar-refractivity contribution in [2.75, 3.05) is 142 Å². The summed E-state index contributed by atoms with van der Waals surface area (Å²) in [5.74, 6) is -7.34. The molecule has 45 nitrogen and oxygen atoms in total. The molecule has 134 heavy (non-hydrogen) atoms. The van der Waals surface area contributed by atoms with E-state index in [1.807, 2.05) is 48.5 Å². The van der Waals surface area contributed by atoms with Crippen LogP contribution in [-0.4, -0.2) is 386 Å². The minimum atomic E-state index is -2.19. The van der Waals surface area contributed by atoms with E-state index in [-0.39, 0.29) is 143 Å². The molecule has 0 bridgehead atoms. The van der Waals surface area contributed by atoms with Crippen molar-refractivity contribution in [1.29, 1.82) is 0 Å². The monoisotopic (exact) mass is 1980 g/mol. The fraction of sp³-hybridized carbons (Fsp3) is 0.816. The number of carboxylic acid groups (broad SMARTS) is 2. The Morgan fingerprint density at radius 2 is 0.649 bits per heavy atom. The summed E-state index contributed by atoms with van der Waals surface area (Å²) < 4.78 is 20.4. The molecule has 794 valence electrons. The Hall–Kier alpha value is -7.18. The van der Waals surface area contributed by atoms with E-state index in [2.05, 4.69) is 58.0 Å². The highest BCUT2D eigenvalue weighted by atomic mass is 32.2. The lowest BCUT2D eigenvalue weighted by Crippen LogP contribution is -2.53. The standard InChI is InChI=1S/C23H39N3O12S2.C15H31N3O8.C12H24N2O6.C8H16O2.C7H15NO2.C6H12O.C5H11NO.C4H8O.C3H7NO.2C2H6/c1-12(22(35)36)8-39-9-13(27)4-2-7-26-21(34)20(33)19(32)18(31)17(30)15(28)5-3-6-25-16(29)11-40-10-14(24)23(37)38;16-3-7-25-6-1-2-10(19)11(20)12(21)13(22)14(23)15(24)18-5-9-26-8-4-17;1-2-3-4-7(15)8(16)9(17)10(18)11(19)12(20)14-6-5-13;1-3-6-10-7-4-5-8(2)9;1-3-5-10-6-4-8-7(2)9;1-3-4-5-6(2)7;1-3-4-6-5(2)7;1-3-4(2)5;1-3(5)4-2;2*1-2/h12,14,17-20,30-33H,2-11,24H2,1H3,(H,25,29)(H,26,34)(H,35,36)(H,37,38);11-14,20-23H,1-9,16-17H2,(H,18,24);8-11,16-19H,2-6,13H2,1H3,(H,14,20);3-7H2,1-2H3;3-6H2,1-2H3,(H,8,9);3-5H2,1-2H3;3-4H2,1-2H3,(H,6,7);3H2,1-2H3;1-2H3,(H,4,5);2*1-2H3/t12?,14?,17-,18+,19+,20-;11-,12+,13+,14-;8-,9+,10+,11-;;;;;;;;/m000......../s1. The minimum absolute atomic E-state index is 0.0000912. The van der Waals surface area contributed by atoms with Gasteiger partial charge in [0.05, 0.1) is 43.9 Å². The average Bonchev–Trinajstić information content (AvgIpc) is 0.873. The maximum absolute atomic E-state index is 12.1. The Morgan fingerprint density at radius 3 is 0.993 bits per heavy atom. The second-order valence-corrected chi connectivity index (χ2v) is 30.7. The molecule has 0 aromatic heterocycles. The predicted molar refractivity (Wildman–Crippen MR) is 511 cm³/mol. The molecule has 14 atom stereocenters. The number of carbonyl (C=O) groups is 16. The number of ether oxygens (including phenoxy) is 4. The number of hydrogen-bond donors (Lipinski definition) is 25. The van der Waals surface area contributed by atoms with Crippen LogP contribution < -0.4 is 60.2 Å². The van der Waals surface area contributed by atoms with Crippen LogP contribution in [0.3, 0.4) is 0 Å². The minimum Gasteiger partial charge on any atom is -0.481 e. The van der Waals surface area contributed by atoms with Crippen molar-refractivity contribution >= 4 is 117 Å². The highest BCUT2D eigenvalue weighted by Crippen LogP contribution is 2.15. The first-order valence-electron chi connectivity index (χ1n) is 45.3. The number of aliphatic hydroxyl groups is 12. The molecule has 0 aliphatic rings. The van der Waals surface area contributed by atoms with Gasteiger partial charge in [0.25, 0.3) is 17.7 Å². The van der Waals surface area contributed by atoms with Crippen LogP contribution in [0, 0.1) is 5.92 Å². The fourth-order valence-electron chi connectivity index (χ4n) is 8.25. The number of carboxylic acids is 2. The number of Topliss-reactive ketones (excluding diaryl/α,β-unsaturated/α-hetero) is 7. The SMILES string of the molecule is CC.CC.CC(CSCC(=O)CCCNC(=O)[C@@H](O)[C@H](O)[C@H](O)[C@@H](O)C(=O)CCCNC(=O)CSCC(N)C(=O)O)C(=O)O.CCC(C)=O.CCCCC(=O)[C@H](O)[C@@H](O)[C@@H](O)[C@H](O)C(=O)NCCN.CCCCC(C)=O.CCCNC(C)=O.CCCOCCCC(C)=O.CCCOCCNC(C)=O.CNC(C)=O.NCCOCCCC(=O)[C@H](O)[C@@H](O)[C@@H](O)[C@H](O)C(=O)NCCOCCN. The zero-order valence-electron chi connectivity index (χ0n) is 82.7. The van der Waals surface area contributed by atoms with Crippen LogP contribution in [0.15, 0.2) is 0 Å². The van der Waals surface area contributed by atoms with E-state index >= 15 is 0 Å². The summed E-state index contributed by atoms with van der Waals surface area (Å²) in [6.07, 6.45) is -14.5. The summed E-state index contributed by atoms with van der Waals surface area (Å²) in [6, 6.07) is -1.10. The van der Waals surface area contributed by atoms with Gasteiger partial charge in [0.2, 0.25) is 23.6 Å². The molecule has 0 aliphatic heterocycles. The van der Waals surface area contributed by atoms with E-state index in [0.717, 1.165) is 89.5 Å². The van der Waals surface area contributed by atoms with Gasteiger partial charge in [-0.3, -0.25) is 62.3 Å². The summed E-state index contributed by atoms with van der Waals surface area (Å²) in [4.78, 5) is 176. The number of amides is 7. The number of nitrogens with two attached hydrogens (primary N) is 4. The van der Waals surface area contributed by atoms with Crippen molar-refractivity contribution in [2.45, 2.75) is 313 Å². The molecule has 2 unspecified atom stereocenters. The summed E-state index contributed by atoms with van der Waals surface area (Å²) in [6.45, 7) is 37.2. The van der Waals surface area contributed by atoms with E-state index in [1.165, 1.54) is 39.5 Å². The van der Waals surface area contributed by atoms with Gasteiger partial charge >= 0.3 is 11.9 Å². The number of hydrogen-bond acceptors (Lipinski definition) is 38. The van der Waals surface area contributed by atoms with Crippen molar-refractivity contribution < 1.29 is 167 Å². The number of rotatable bonds is 66. The number of aliphatic hydroxyl groups excluding tert-OH is 12. The molecule has 0 radical (unpaired) electrons. The normalized spacial score (nSPS) is 13.3. The van der Waals surface area contributed by atoms with E-state index in [9.17, 15) is 138 Å². The Morgan fingerprint density at radius 1 is 0.328 bits per heavy atom. The van der Waals surface area contributed by atoms with Gasteiger partial charge in [0.1, 0.15) is 84.1 Å². The van der Waals surface area contributed by atoms with E-state index in [1.54, 1.807) is 27.8 Å². The first-order valence-corrected chi connectivity index (χ1v) is 47.6. The Labute approximate surface area is 801 Å². The number of aliphatic carboxylic acids is 2.